The fraction of sp³-hybridized carbons (Fsp3) is 0.273. The van der Waals surface area contributed by atoms with Gasteiger partial charge in [0.1, 0.15) is 11.4 Å². The molecule has 2 aromatic heterocycles. The van der Waals surface area contributed by atoms with Crippen molar-refractivity contribution >= 4 is 22.7 Å². The average molecular weight is 443 g/mol. The molecule has 1 unspecified atom stereocenters. The van der Waals surface area contributed by atoms with Crippen LogP contribution in [0, 0.1) is 0 Å². The van der Waals surface area contributed by atoms with Crippen molar-refractivity contribution in [1.29, 1.82) is 0 Å². The number of benzene rings is 1. The van der Waals surface area contributed by atoms with Crippen molar-refractivity contribution in [3.8, 4) is 11.3 Å². The number of pyridine rings is 1. The first-order valence-electron chi connectivity index (χ1n) is 9.93. The molecule has 7 nitrogen and oxygen atoms in total. The Balaban J connectivity index is 1.86. The third-order valence-electron chi connectivity index (χ3n) is 5.52. The highest BCUT2D eigenvalue weighted by atomic mass is 19.4. The van der Waals surface area contributed by atoms with E-state index in [0.29, 0.717) is 47.2 Å². The summed E-state index contributed by atoms with van der Waals surface area (Å²) >= 11 is 0. The summed E-state index contributed by atoms with van der Waals surface area (Å²) in [7, 11) is 1.52. The summed E-state index contributed by atoms with van der Waals surface area (Å²) in [4.78, 5) is 29.8. The fourth-order valence-corrected chi connectivity index (χ4v) is 3.96. The Kier molecular flexibility index (Phi) is 5.45. The maximum atomic E-state index is 12.9. The Morgan fingerprint density at radius 2 is 2.03 bits per heavy atom. The van der Waals surface area contributed by atoms with Gasteiger partial charge in [0.05, 0.1) is 17.1 Å². The Morgan fingerprint density at radius 1 is 1.25 bits per heavy atom. The van der Waals surface area contributed by atoms with E-state index in [-0.39, 0.29) is 17.9 Å². The van der Waals surface area contributed by atoms with Gasteiger partial charge < -0.3 is 10.2 Å². The summed E-state index contributed by atoms with van der Waals surface area (Å²) in [6.07, 6.45) is -1.55. The molecule has 0 spiro atoms. The average Bonchev–Trinajstić information content (AvgIpc) is 3.42. The number of carbonyl (C=O) groups excluding carboxylic acids is 2. The predicted octanol–water partition coefficient (Wildman–Crippen LogP) is 3.44. The van der Waals surface area contributed by atoms with Crippen molar-refractivity contribution in [1.82, 2.24) is 25.0 Å². The first-order valence-corrected chi connectivity index (χ1v) is 9.93. The molecule has 0 aliphatic carbocycles. The van der Waals surface area contributed by atoms with Gasteiger partial charge >= 0.3 is 6.18 Å². The highest BCUT2D eigenvalue weighted by molar-refractivity contribution is 6.08. The van der Waals surface area contributed by atoms with E-state index in [1.165, 1.54) is 19.2 Å². The van der Waals surface area contributed by atoms with Gasteiger partial charge in [-0.2, -0.15) is 18.3 Å². The summed E-state index contributed by atoms with van der Waals surface area (Å²) < 4.78 is 40.5. The lowest BCUT2D eigenvalue weighted by molar-refractivity contribution is -0.141. The second kappa shape index (κ2) is 8.10. The fourth-order valence-electron chi connectivity index (χ4n) is 3.96. The molecule has 3 heterocycles. The number of hydrogen-bond donors (Lipinski definition) is 1. The molecule has 1 aromatic carbocycles. The van der Waals surface area contributed by atoms with Gasteiger partial charge in [0, 0.05) is 37.3 Å². The van der Waals surface area contributed by atoms with Crippen molar-refractivity contribution in [3.63, 3.8) is 0 Å². The van der Waals surface area contributed by atoms with Gasteiger partial charge in [-0.3, -0.25) is 19.3 Å². The lowest BCUT2D eigenvalue weighted by Gasteiger charge is -2.16. The normalized spacial score (nSPS) is 16.4. The van der Waals surface area contributed by atoms with Crippen molar-refractivity contribution in [3.05, 3.63) is 60.4 Å². The number of nitrogens with zero attached hydrogens (tertiary/aromatic N) is 4. The molecular formula is C22H20F3N5O2. The van der Waals surface area contributed by atoms with Gasteiger partial charge in [-0.15, -0.1) is 0 Å². The smallest absolute Gasteiger partial charge is 0.355 e. The van der Waals surface area contributed by atoms with Crippen LogP contribution in [0.15, 0.2) is 49.2 Å². The van der Waals surface area contributed by atoms with Gasteiger partial charge in [0.15, 0.2) is 0 Å². The molecule has 2 amide bonds. The zero-order valence-corrected chi connectivity index (χ0v) is 17.2. The minimum absolute atomic E-state index is 0.192. The van der Waals surface area contributed by atoms with Crippen molar-refractivity contribution in [2.45, 2.75) is 18.6 Å². The Bertz CT molecular complexity index is 1200. The second-order valence-corrected chi connectivity index (χ2v) is 7.43. The topological polar surface area (TPSA) is 80.1 Å². The molecule has 0 saturated carbocycles. The van der Waals surface area contributed by atoms with Crippen molar-refractivity contribution in [2.24, 2.45) is 0 Å². The minimum Gasteiger partial charge on any atom is -0.355 e. The third kappa shape index (κ3) is 3.72. The van der Waals surface area contributed by atoms with Crippen LogP contribution in [0.4, 0.5) is 13.2 Å². The zero-order chi connectivity index (χ0) is 23.0. The maximum absolute atomic E-state index is 12.9. The van der Waals surface area contributed by atoms with Crippen LogP contribution in [0.1, 0.15) is 28.5 Å². The Hall–Kier alpha value is -3.69. The van der Waals surface area contributed by atoms with Gasteiger partial charge in [0.2, 0.25) is 5.91 Å². The number of hydrogen-bond acceptors (Lipinski definition) is 4. The number of fused-ring (bicyclic) bond motifs is 1. The molecule has 1 aliphatic rings. The largest absolute Gasteiger partial charge is 0.433 e. The van der Waals surface area contributed by atoms with E-state index in [9.17, 15) is 22.8 Å². The number of amides is 2. The van der Waals surface area contributed by atoms with E-state index in [4.69, 9.17) is 0 Å². The zero-order valence-electron chi connectivity index (χ0n) is 17.2. The van der Waals surface area contributed by atoms with Crippen LogP contribution in [-0.4, -0.2) is 51.6 Å². The van der Waals surface area contributed by atoms with Gasteiger partial charge in [-0.25, -0.2) is 0 Å². The monoisotopic (exact) mass is 443 g/mol. The molecule has 10 heteroatoms. The number of para-hydroxylation sites is 1. The molecule has 3 aromatic rings. The summed E-state index contributed by atoms with van der Waals surface area (Å²) in [5, 5.41) is 7.90. The lowest BCUT2D eigenvalue weighted by atomic mass is 10.1. The Morgan fingerprint density at radius 3 is 2.66 bits per heavy atom. The predicted molar refractivity (Wildman–Crippen MR) is 112 cm³/mol. The number of aromatic nitrogens is 3. The number of likely N-dealkylation sites (tertiary alicyclic amines) is 1. The van der Waals surface area contributed by atoms with E-state index in [1.54, 1.807) is 27.8 Å². The first kappa shape index (κ1) is 21.5. The number of alkyl halides is 3. The number of carbonyl (C=O) groups is 2. The van der Waals surface area contributed by atoms with E-state index >= 15 is 0 Å². The first-order chi connectivity index (χ1) is 15.2. The SMILES string of the molecule is C=CC(=O)N1CCC(n2nc(-c3ccc(C(F)(F)F)nc3)c3cccc(C(=O)NC)c32)C1. The van der Waals surface area contributed by atoms with E-state index < -0.39 is 11.9 Å². The third-order valence-corrected chi connectivity index (χ3v) is 5.52. The number of nitrogens with one attached hydrogen (secondary N) is 1. The molecule has 1 aliphatic heterocycles. The van der Waals surface area contributed by atoms with Crippen LogP contribution in [0.3, 0.4) is 0 Å². The molecule has 166 valence electrons. The lowest BCUT2D eigenvalue weighted by Crippen LogP contribution is -2.27. The summed E-state index contributed by atoms with van der Waals surface area (Å²) in [5.74, 6) is -0.506. The molecule has 0 radical (unpaired) electrons. The maximum Gasteiger partial charge on any atom is 0.433 e. The van der Waals surface area contributed by atoms with E-state index in [0.717, 1.165) is 12.3 Å². The highest BCUT2D eigenvalue weighted by Gasteiger charge is 2.33. The molecule has 4 rings (SSSR count). The van der Waals surface area contributed by atoms with Crippen molar-refractivity contribution < 1.29 is 22.8 Å². The molecule has 0 bridgehead atoms. The number of rotatable bonds is 4. The second-order valence-electron chi connectivity index (χ2n) is 7.43. The molecule has 1 saturated heterocycles. The molecule has 1 atom stereocenters. The van der Waals surface area contributed by atoms with Crippen LogP contribution < -0.4 is 5.32 Å². The standard InChI is InChI=1S/C22H20F3N5O2/c1-3-18(31)29-10-9-14(12-29)30-20-15(5-4-6-16(20)21(32)26-2)19(28-30)13-7-8-17(27-11-13)22(23,24)25/h3-8,11,14H,1,9-10,12H2,2H3,(H,26,32). The van der Waals surface area contributed by atoms with E-state index in [2.05, 4.69) is 22.0 Å². The van der Waals surface area contributed by atoms with Crippen LogP contribution in [0.5, 0.6) is 0 Å². The van der Waals surface area contributed by atoms with Crippen LogP contribution in [-0.2, 0) is 11.0 Å². The molecular weight excluding hydrogens is 423 g/mol. The van der Waals surface area contributed by atoms with Gasteiger partial charge in [-0.05, 0) is 30.7 Å². The van der Waals surface area contributed by atoms with Crippen LogP contribution in [0.2, 0.25) is 0 Å². The summed E-state index contributed by atoms with van der Waals surface area (Å²) in [6, 6.07) is 7.14. The van der Waals surface area contributed by atoms with E-state index in [1.807, 2.05) is 0 Å². The molecule has 1 fully saturated rings. The molecule has 1 N–H and O–H groups in total. The van der Waals surface area contributed by atoms with Crippen LogP contribution >= 0.6 is 0 Å². The van der Waals surface area contributed by atoms with Crippen molar-refractivity contribution in [2.75, 3.05) is 20.1 Å². The highest BCUT2D eigenvalue weighted by Crippen LogP contribution is 2.35. The molecule has 32 heavy (non-hydrogen) atoms. The Labute approximate surface area is 181 Å². The minimum atomic E-state index is -4.54. The summed E-state index contributed by atoms with van der Waals surface area (Å²) in [5.41, 5.74) is 0.760. The van der Waals surface area contributed by atoms with Gasteiger partial charge in [0.25, 0.3) is 5.91 Å². The quantitative estimate of drug-likeness (QED) is 0.627. The number of halogens is 3. The van der Waals surface area contributed by atoms with Crippen LogP contribution in [0.25, 0.3) is 22.2 Å². The summed E-state index contributed by atoms with van der Waals surface area (Å²) in [6.45, 7) is 4.41. The van der Waals surface area contributed by atoms with Gasteiger partial charge in [-0.1, -0.05) is 18.7 Å².